The van der Waals surface area contributed by atoms with Gasteiger partial charge in [0, 0.05) is 10.9 Å². The minimum Gasteiger partial charge on any atom is -0.496 e. The molecule has 1 fully saturated rings. The van der Waals surface area contributed by atoms with Gasteiger partial charge in [-0.05, 0) is 37.3 Å². The number of thioether (sulfide) groups is 1. The van der Waals surface area contributed by atoms with Crippen molar-refractivity contribution in [3.05, 3.63) is 23.8 Å². The van der Waals surface area contributed by atoms with Gasteiger partial charge in [0.25, 0.3) is 5.91 Å². The molecular weight excluding hydrogens is 246 g/mol. The van der Waals surface area contributed by atoms with Gasteiger partial charge in [-0.3, -0.25) is 4.79 Å². The maximum atomic E-state index is 12.2. The number of methoxy groups -OCH3 is 1. The normalized spacial score (nSPS) is 15.7. The van der Waals surface area contributed by atoms with Gasteiger partial charge >= 0.3 is 0 Å². The highest BCUT2D eigenvalue weighted by atomic mass is 32.2. The molecule has 0 aliphatic heterocycles. The first-order valence-corrected chi connectivity index (χ1v) is 7.50. The standard InChI is InChI=1S/C14H19NO2S/c1-17-13-9-11(18-2)7-8-12(13)14(16)15-10-5-3-4-6-10/h7-10H,3-6H2,1-2H3,(H,15,16). The maximum absolute atomic E-state index is 12.2. The number of carbonyl (C=O) groups is 1. The molecule has 1 N–H and O–H groups in total. The van der Waals surface area contributed by atoms with Crippen LogP contribution < -0.4 is 10.1 Å². The van der Waals surface area contributed by atoms with Crippen molar-refractivity contribution >= 4 is 17.7 Å². The number of ether oxygens (including phenoxy) is 1. The molecule has 1 aliphatic carbocycles. The lowest BCUT2D eigenvalue weighted by Gasteiger charge is -2.14. The Morgan fingerprint density at radius 3 is 2.72 bits per heavy atom. The number of amides is 1. The Kier molecular flexibility index (Phi) is 4.53. The van der Waals surface area contributed by atoms with Gasteiger partial charge in [-0.1, -0.05) is 12.8 Å². The lowest BCUT2D eigenvalue weighted by molar-refractivity contribution is 0.0934. The monoisotopic (exact) mass is 265 g/mol. The van der Waals surface area contributed by atoms with Gasteiger partial charge in [0.1, 0.15) is 5.75 Å². The number of benzene rings is 1. The summed E-state index contributed by atoms with van der Waals surface area (Å²) >= 11 is 1.64. The first-order valence-electron chi connectivity index (χ1n) is 6.27. The molecule has 0 aromatic heterocycles. The summed E-state index contributed by atoms with van der Waals surface area (Å²) in [4.78, 5) is 13.3. The van der Waals surface area contributed by atoms with E-state index >= 15 is 0 Å². The fraction of sp³-hybridized carbons (Fsp3) is 0.500. The topological polar surface area (TPSA) is 38.3 Å². The Hall–Kier alpha value is -1.16. The summed E-state index contributed by atoms with van der Waals surface area (Å²) in [6.45, 7) is 0. The second-order valence-corrected chi connectivity index (χ2v) is 5.40. The largest absolute Gasteiger partial charge is 0.496 e. The smallest absolute Gasteiger partial charge is 0.255 e. The van der Waals surface area contributed by atoms with Crippen LogP contribution in [0.15, 0.2) is 23.1 Å². The van der Waals surface area contributed by atoms with E-state index in [1.165, 1.54) is 12.8 Å². The number of carbonyl (C=O) groups excluding carboxylic acids is 1. The molecule has 4 heteroatoms. The van der Waals surface area contributed by atoms with Crippen LogP contribution in [0.4, 0.5) is 0 Å². The van der Waals surface area contributed by atoms with Gasteiger partial charge in [0.2, 0.25) is 0 Å². The number of rotatable bonds is 4. The van der Waals surface area contributed by atoms with Gasteiger partial charge in [-0.25, -0.2) is 0 Å². The third-order valence-corrected chi connectivity index (χ3v) is 4.07. The molecule has 1 aromatic rings. The quantitative estimate of drug-likeness (QED) is 0.850. The van der Waals surface area contributed by atoms with Crippen LogP contribution in [0.25, 0.3) is 0 Å². The van der Waals surface area contributed by atoms with Crippen molar-refractivity contribution in [1.29, 1.82) is 0 Å². The lowest BCUT2D eigenvalue weighted by Crippen LogP contribution is -2.32. The van der Waals surface area contributed by atoms with E-state index in [9.17, 15) is 4.79 Å². The van der Waals surface area contributed by atoms with Gasteiger partial charge in [0.05, 0.1) is 12.7 Å². The van der Waals surface area contributed by atoms with E-state index in [0.29, 0.717) is 17.4 Å². The molecule has 1 aromatic carbocycles. The van der Waals surface area contributed by atoms with Crippen LogP contribution in [-0.4, -0.2) is 25.3 Å². The fourth-order valence-corrected chi connectivity index (χ4v) is 2.75. The fourth-order valence-electron chi connectivity index (χ4n) is 2.32. The maximum Gasteiger partial charge on any atom is 0.255 e. The van der Waals surface area contributed by atoms with Crippen molar-refractivity contribution in [2.45, 2.75) is 36.6 Å². The second kappa shape index (κ2) is 6.14. The molecular formula is C14H19NO2S. The van der Waals surface area contributed by atoms with Crippen molar-refractivity contribution in [1.82, 2.24) is 5.32 Å². The summed E-state index contributed by atoms with van der Waals surface area (Å²) in [6.07, 6.45) is 6.63. The van der Waals surface area contributed by atoms with E-state index in [1.54, 1.807) is 18.9 Å². The van der Waals surface area contributed by atoms with Crippen molar-refractivity contribution in [2.24, 2.45) is 0 Å². The van der Waals surface area contributed by atoms with Crippen molar-refractivity contribution in [2.75, 3.05) is 13.4 Å². The summed E-state index contributed by atoms with van der Waals surface area (Å²) in [6, 6.07) is 6.04. The molecule has 0 atom stereocenters. The Labute approximate surface area is 112 Å². The van der Waals surface area contributed by atoms with Crippen LogP contribution in [0.1, 0.15) is 36.0 Å². The van der Waals surface area contributed by atoms with E-state index in [2.05, 4.69) is 5.32 Å². The molecule has 0 radical (unpaired) electrons. The van der Waals surface area contributed by atoms with Crippen LogP contribution in [0.3, 0.4) is 0 Å². The molecule has 2 rings (SSSR count). The van der Waals surface area contributed by atoms with E-state index in [4.69, 9.17) is 4.74 Å². The average molecular weight is 265 g/mol. The number of hydrogen-bond acceptors (Lipinski definition) is 3. The summed E-state index contributed by atoms with van der Waals surface area (Å²) in [5.74, 6) is 0.628. The van der Waals surface area contributed by atoms with E-state index in [-0.39, 0.29) is 5.91 Å². The van der Waals surface area contributed by atoms with E-state index in [1.807, 2.05) is 24.5 Å². The van der Waals surface area contributed by atoms with Crippen molar-refractivity contribution < 1.29 is 9.53 Å². The summed E-state index contributed by atoms with van der Waals surface area (Å²) in [5, 5.41) is 3.08. The summed E-state index contributed by atoms with van der Waals surface area (Å²) < 4.78 is 5.30. The first kappa shape index (κ1) is 13.3. The molecule has 0 unspecified atom stereocenters. The van der Waals surface area contributed by atoms with Gasteiger partial charge in [0.15, 0.2) is 0 Å². The Morgan fingerprint density at radius 1 is 1.39 bits per heavy atom. The van der Waals surface area contributed by atoms with Crippen molar-refractivity contribution in [3.63, 3.8) is 0 Å². The number of nitrogens with one attached hydrogen (secondary N) is 1. The average Bonchev–Trinajstić information content (AvgIpc) is 2.90. The molecule has 98 valence electrons. The number of hydrogen-bond donors (Lipinski definition) is 1. The SMILES string of the molecule is COc1cc(SC)ccc1C(=O)NC1CCCC1. The minimum atomic E-state index is -0.0218. The molecule has 1 amide bonds. The second-order valence-electron chi connectivity index (χ2n) is 4.52. The van der Waals surface area contributed by atoms with Gasteiger partial charge in [-0.2, -0.15) is 0 Å². The first-order chi connectivity index (χ1) is 8.74. The predicted molar refractivity (Wildman–Crippen MR) is 74.5 cm³/mol. The Morgan fingerprint density at radius 2 is 2.11 bits per heavy atom. The summed E-state index contributed by atoms with van der Waals surface area (Å²) in [5.41, 5.74) is 0.627. The third-order valence-electron chi connectivity index (χ3n) is 3.34. The highest BCUT2D eigenvalue weighted by molar-refractivity contribution is 7.98. The Bertz CT molecular complexity index is 428. The zero-order chi connectivity index (χ0) is 13.0. The van der Waals surface area contributed by atoms with Crippen LogP contribution >= 0.6 is 11.8 Å². The van der Waals surface area contributed by atoms with Crippen LogP contribution in [0.5, 0.6) is 5.75 Å². The van der Waals surface area contributed by atoms with E-state index < -0.39 is 0 Å². The van der Waals surface area contributed by atoms with Crippen LogP contribution in [0.2, 0.25) is 0 Å². The molecule has 0 heterocycles. The molecule has 1 aliphatic rings. The van der Waals surface area contributed by atoms with Crippen LogP contribution in [0, 0.1) is 0 Å². The third kappa shape index (κ3) is 2.99. The molecule has 1 saturated carbocycles. The minimum absolute atomic E-state index is 0.0218. The van der Waals surface area contributed by atoms with Crippen LogP contribution in [-0.2, 0) is 0 Å². The summed E-state index contributed by atoms with van der Waals surface area (Å²) in [7, 11) is 1.60. The molecule has 18 heavy (non-hydrogen) atoms. The lowest BCUT2D eigenvalue weighted by atomic mass is 10.1. The highest BCUT2D eigenvalue weighted by Crippen LogP contribution is 2.26. The molecule has 0 bridgehead atoms. The van der Waals surface area contributed by atoms with Gasteiger partial charge in [-0.15, -0.1) is 11.8 Å². The zero-order valence-electron chi connectivity index (χ0n) is 10.9. The zero-order valence-corrected chi connectivity index (χ0v) is 11.7. The van der Waals surface area contributed by atoms with Crippen molar-refractivity contribution in [3.8, 4) is 5.75 Å². The Balaban J connectivity index is 2.13. The molecule has 3 nitrogen and oxygen atoms in total. The predicted octanol–water partition coefficient (Wildman–Crippen LogP) is 3.09. The van der Waals surface area contributed by atoms with Gasteiger partial charge < -0.3 is 10.1 Å². The highest BCUT2D eigenvalue weighted by Gasteiger charge is 2.20. The molecule has 0 saturated heterocycles. The molecule has 0 spiro atoms. The van der Waals surface area contributed by atoms with E-state index in [0.717, 1.165) is 17.7 Å².